The molecule has 11 nitrogen and oxygen atoms in total. The summed E-state index contributed by atoms with van der Waals surface area (Å²) in [6.07, 6.45) is -0.485. The molecular weight excluding hydrogens is 658 g/mol. The highest BCUT2D eigenvalue weighted by Crippen LogP contribution is 2.56. The number of thiophene rings is 1. The third-order valence-corrected chi connectivity index (χ3v) is 11.9. The van der Waals surface area contributed by atoms with Gasteiger partial charge in [0, 0.05) is 56.7 Å². The summed E-state index contributed by atoms with van der Waals surface area (Å²) in [6.45, 7) is 3.96. The quantitative estimate of drug-likeness (QED) is 0.211. The number of alkyl halides is 3. The zero-order valence-corrected chi connectivity index (χ0v) is 27.2. The minimum Gasteiger partial charge on any atom is -0.464 e. The molecule has 1 unspecified atom stereocenters. The van der Waals surface area contributed by atoms with E-state index in [0.29, 0.717) is 12.2 Å². The Labute approximate surface area is 274 Å². The third-order valence-electron chi connectivity index (χ3n) is 8.84. The highest BCUT2D eigenvalue weighted by Gasteiger charge is 2.42. The van der Waals surface area contributed by atoms with E-state index in [0.717, 1.165) is 67.6 Å². The Morgan fingerprint density at radius 2 is 1.98 bits per heavy atom. The Kier molecular flexibility index (Phi) is 8.35. The number of halogens is 3. The van der Waals surface area contributed by atoms with E-state index in [1.54, 1.807) is 4.90 Å². The van der Waals surface area contributed by atoms with Crippen LogP contribution in [0.2, 0.25) is 0 Å². The van der Waals surface area contributed by atoms with Gasteiger partial charge in [0.15, 0.2) is 0 Å². The van der Waals surface area contributed by atoms with Crippen LogP contribution in [-0.4, -0.2) is 86.5 Å². The van der Waals surface area contributed by atoms with Crippen molar-refractivity contribution >= 4 is 51.1 Å². The number of anilines is 3. The summed E-state index contributed by atoms with van der Waals surface area (Å²) in [6, 6.07) is 7.16. The molecule has 0 radical (unpaired) electrons. The Bertz CT molecular complexity index is 1710. The first-order valence-corrected chi connectivity index (χ1v) is 18.1. The molecule has 2 aliphatic carbocycles. The molecule has 3 aromatic rings. The molecule has 47 heavy (non-hydrogen) atoms. The van der Waals surface area contributed by atoms with E-state index < -0.39 is 33.9 Å². The van der Waals surface area contributed by atoms with Crippen LogP contribution >= 0.6 is 21.9 Å². The average Bonchev–Trinajstić information content (AvgIpc) is 3.97. The number of benzene rings is 1. The van der Waals surface area contributed by atoms with Crippen molar-refractivity contribution < 1.29 is 36.6 Å². The van der Waals surface area contributed by atoms with Crippen LogP contribution < -0.4 is 15.5 Å². The molecule has 1 atom stereocenters. The van der Waals surface area contributed by atoms with Gasteiger partial charge in [0.2, 0.25) is 5.95 Å². The van der Waals surface area contributed by atoms with Crippen LogP contribution in [0.3, 0.4) is 0 Å². The Hall–Kier alpha value is -3.44. The zero-order chi connectivity index (χ0) is 33.1. The van der Waals surface area contributed by atoms with Crippen LogP contribution in [0.15, 0.2) is 35.4 Å². The number of ether oxygens (including phenoxy) is 1. The van der Waals surface area contributed by atoms with E-state index in [4.69, 9.17) is 4.74 Å². The third kappa shape index (κ3) is 6.79. The van der Waals surface area contributed by atoms with Crippen LogP contribution in [0, 0.1) is 0 Å². The predicted octanol–water partition coefficient (Wildman–Crippen LogP) is 5.91. The molecule has 4 aliphatic rings. The number of carbonyl (C=O) groups excluding carboxylic acids is 2. The maximum Gasteiger partial charge on any atom is 0.420 e. The van der Waals surface area contributed by atoms with Crippen LogP contribution in [0.1, 0.15) is 59.3 Å². The first kappa shape index (κ1) is 32.1. The van der Waals surface area contributed by atoms with Crippen LogP contribution in [-0.2, 0) is 15.7 Å². The fourth-order valence-corrected chi connectivity index (χ4v) is 9.10. The van der Waals surface area contributed by atoms with E-state index in [9.17, 15) is 31.9 Å². The van der Waals surface area contributed by atoms with Crippen molar-refractivity contribution in [3.05, 3.63) is 46.5 Å². The Morgan fingerprint density at radius 3 is 2.68 bits per heavy atom. The Morgan fingerprint density at radius 1 is 1.19 bits per heavy atom. The molecule has 2 saturated carbocycles. The lowest BCUT2D eigenvalue weighted by atomic mass is 10.1. The second kappa shape index (κ2) is 12.2. The second-order valence-electron chi connectivity index (χ2n) is 12.4. The smallest absolute Gasteiger partial charge is 0.420 e. The van der Waals surface area contributed by atoms with E-state index in [1.165, 1.54) is 13.0 Å². The average molecular weight is 693 g/mol. The number of nitrogens with one attached hydrogen (secondary N) is 2. The number of hydrogen-bond donors (Lipinski definition) is 4. The minimum absolute atomic E-state index is 0.00981. The van der Waals surface area contributed by atoms with Crippen molar-refractivity contribution in [2.45, 2.75) is 61.7 Å². The molecule has 7 rings (SSSR count). The van der Waals surface area contributed by atoms with Crippen LogP contribution in [0.4, 0.5) is 30.5 Å². The number of amides is 1. The van der Waals surface area contributed by atoms with Gasteiger partial charge in [-0.3, -0.25) is 18.7 Å². The van der Waals surface area contributed by atoms with Crippen molar-refractivity contribution in [2.24, 2.45) is 0 Å². The van der Waals surface area contributed by atoms with Gasteiger partial charge in [-0.05, 0) is 61.4 Å². The number of fused-ring (bicyclic) bond motifs is 1. The number of rotatable bonds is 8. The fraction of sp³-hybridized carbons (Fsp3) is 0.484. The molecule has 2 aromatic heterocycles. The second-order valence-corrected chi connectivity index (χ2v) is 15.7. The molecule has 0 spiro atoms. The summed E-state index contributed by atoms with van der Waals surface area (Å²) >= 11 is 0.801. The van der Waals surface area contributed by atoms with E-state index >= 15 is 0 Å². The highest BCUT2D eigenvalue weighted by atomic mass is 32.3. The highest BCUT2D eigenvalue weighted by molar-refractivity contribution is 8.24. The predicted molar refractivity (Wildman–Crippen MR) is 173 cm³/mol. The molecule has 252 valence electrons. The summed E-state index contributed by atoms with van der Waals surface area (Å²) in [4.78, 5) is 36.9. The lowest BCUT2D eigenvalue weighted by Crippen LogP contribution is -2.52. The summed E-state index contributed by atoms with van der Waals surface area (Å²) in [5.41, 5.74) is 1.16. The first-order valence-electron chi connectivity index (χ1n) is 15.6. The van der Waals surface area contributed by atoms with Crippen LogP contribution in [0.5, 0.6) is 0 Å². The summed E-state index contributed by atoms with van der Waals surface area (Å²) < 4.78 is 69.8. The first-order chi connectivity index (χ1) is 22.4. The largest absolute Gasteiger partial charge is 0.464 e. The molecule has 4 N–H and O–H groups in total. The van der Waals surface area contributed by atoms with Crippen molar-refractivity contribution in [1.29, 1.82) is 0 Å². The van der Waals surface area contributed by atoms with Gasteiger partial charge in [0.05, 0.1) is 27.3 Å². The van der Waals surface area contributed by atoms with E-state index in [-0.39, 0.29) is 63.5 Å². The molecule has 16 heteroatoms. The number of esters is 1. The topological polar surface area (TPSA) is 140 Å². The molecule has 2 aliphatic heterocycles. The number of piperazine rings is 1. The van der Waals surface area contributed by atoms with E-state index in [1.807, 2.05) is 12.1 Å². The maximum absolute atomic E-state index is 14.3. The van der Waals surface area contributed by atoms with Crippen molar-refractivity contribution in [3.63, 3.8) is 0 Å². The number of carbonyl (C=O) groups is 2. The molecule has 1 amide bonds. The van der Waals surface area contributed by atoms with Gasteiger partial charge in [-0.25, -0.2) is 9.97 Å². The zero-order valence-electron chi connectivity index (χ0n) is 25.5. The molecule has 4 heterocycles. The van der Waals surface area contributed by atoms with Gasteiger partial charge >= 0.3 is 12.1 Å². The van der Waals surface area contributed by atoms with Crippen molar-refractivity contribution in [1.82, 2.24) is 20.2 Å². The van der Waals surface area contributed by atoms with Gasteiger partial charge < -0.3 is 25.2 Å². The number of nitrogens with zero attached hydrogens (tertiary/aromatic N) is 4. The lowest BCUT2D eigenvalue weighted by Gasteiger charge is -2.35. The van der Waals surface area contributed by atoms with E-state index in [2.05, 4.69) is 31.6 Å². The van der Waals surface area contributed by atoms with Gasteiger partial charge in [0.25, 0.3) is 5.91 Å². The maximum atomic E-state index is 14.3. The summed E-state index contributed by atoms with van der Waals surface area (Å²) in [7, 11) is -3.40. The molecule has 1 aromatic carbocycles. The standard InChI is InChI=1S/C31H35F3N6O5S2/c1-17(41)45-16-19-15-39(9-8-35-19)21-6-7-24(22(12-21)18-2-3-18)37-30-36-14-23(31(32,33)34)27(38-30)25-13-26-28(46-25)29(42)40(20-4-5-20)10-11-47(26,43)44/h6-7,12-14,18-20,35,43-44H,2-5,8-11,15-16H2,1H3,(H,36,37,38). The lowest BCUT2D eigenvalue weighted by molar-refractivity contribution is -0.141. The number of hydrogen-bond acceptors (Lipinski definition) is 11. The summed E-state index contributed by atoms with van der Waals surface area (Å²) in [5, 5.41) is 6.50. The minimum atomic E-state index is -4.79. The molecular formula is C31H35F3N6O5S2. The number of aromatic nitrogens is 2. The molecule has 3 fully saturated rings. The molecule has 1 saturated heterocycles. The summed E-state index contributed by atoms with van der Waals surface area (Å²) in [5.74, 6) is -0.560. The normalized spacial score (nSPS) is 22.0. The van der Waals surface area contributed by atoms with Crippen molar-refractivity contribution in [3.8, 4) is 10.6 Å². The van der Waals surface area contributed by atoms with Gasteiger partial charge in [-0.2, -0.15) is 23.8 Å². The van der Waals surface area contributed by atoms with Gasteiger partial charge in [-0.1, -0.05) is 0 Å². The van der Waals surface area contributed by atoms with Crippen molar-refractivity contribution in [2.75, 3.05) is 48.8 Å². The van der Waals surface area contributed by atoms with Gasteiger partial charge in [-0.15, -0.1) is 11.3 Å². The fourth-order valence-electron chi connectivity index (χ4n) is 6.13. The Balaban J connectivity index is 1.20. The van der Waals surface area contributed by atoms with Crippen LogP contribution in [0.25, 0.3) is 10.6 Å². The molecule has 0 bridgehead atoms. The van der Waals surface area contributed by atoms with Gasteiger partial charge in [0.1, 0.15) is 17.0 Å². The monoisotopic (exact) mass is 692 g/mol. The SMILES string of the molecule is CC(=O)OCC1CN(c2ccc(Nc3ncc(C(F)(F)F)c(-c4cc5c(s4)C(=O)N(C4CC4)CCS5(O)O)n3)c(C3CC3)c2)CCN1.